The first-order valence-electron chi connectivity index (χ1n) is 21.0. The third-order valence-corrected chi connectivity index (χ3v) is 10.3. The number of ether oxygens (including phenoxy) is 2. The number of carbonyl (C=O) groups excluding carboxylic acids is 2. The van der Waals surface area contributed by atoms with Crippen LogP contribution >= 0.6 is 0 Å². The van der Waals surface area contributed by atoms with Crippen LogP contribution in [0.2, 0.25) is 0 Å². The van der Waals surface area contributed by atoms with Gasteiger partial charge >= 0.3 is 41.5 Å². The van der Waals surface area contributed by atoms with Gasteiger partial charge in [0.1, 0.15) is 10.1 Å². The molecule has 0 atom stereocenters. The Labute approximate surface area is 347 Å². The van der Waals surface area contributed by atoms with E-state index < -0.39 is 27.0 Å². The molecule has 0 amide bonds. The molecule has 0 heterocycles. The molecule has 0 N–H and O–H groups in total. The van der Waals surface area contributed by atoms with Crippen molar-refractivity contribution in [1.29, 1.82) is 0 Å². The van der Waals surface area contributed by atoms with Gasteiger partial charge in [-0.05, 0) is 82.4 Å². The Morgan fingerprint density at radius 2 is 0.830 bits per heavy atom. The summed E-state index contributed by atoms with van der Waals surface area (Å²) in [6.07, 6.45) is 42.1. The van der Waals surface area contributed by atoms with Gasteiger partial charge in [0.15, 0.2) is 0 Å². The average molecular weight is 769 g/mol. The molecule has 9 heteroatoms. The maximum atomic E-state index is 12.9. The van der Waals surface area contributed by atoms with Gasteiger partial charge in [0, 0.05) is 0 Å². The molecule has 0 aliphatic carbocycles. The van der Waals surface area contributed by atoms with E-state index >= 15 is 0 Å². The zero-order chi connectivity index (χ0) is 38.0. The number of benzene rings is 1. The second-order valence-corrected chi connectivity index (χ2v) is 15.7. The molecule has 1 aromatic rings. The van der Waals surface area contributed by atoms with E-state index in [0.717, 1.165) is 69.6 Å². The maximum Gasteiger partial charge on any atom is 1.00 e. The number of esters is 2. The van der Waals surface area contributed by atoms with Crippen LogP contribution < -0.4 is 29.6 Å². The van der Waals surface area contributed by atoms with Crippen molar-refractivity contribution in [2.45, 2.75) is 199 Å². The quantitative estimate of drug-likeness (QED) is 0.0222. The number of carbonyl (C=O) groups is 2. The van der Waals surface area contributed by atoms with Gasteiger partial charge in [-0.1, -0.05) is 154 Å². The molecule has 7 nitrogen and oxygen atoms in total. The van der Waals surface area contributed by atoms with E-state index in [-0.39, 0.29) is 53.9 Å². The summed E-state index contributed by atoms with van der Waals surface area (Å²) in [6.45, 7) is 4.85. The van der Waals surface area contributed by atoms with Crippen LogP contribution in [0.4, 0.5) is 0 Å². The van der Waals surface area contributed by atoms with Gasteiger partial charge in [0.25, 0.3) is 0 Å². The van der Waals surface area contributed by atoms with E-state index in [4.69, 9.17) is 9.47 Å². The van der Waals surface area contributed by atoms with Gasteiger partial charge in [-0.2, -0.15) is 0 Å². The molecule has 0 saturated heterocycles. The number of hydrogen-bond acceptors (Lipinski definition) is 7. The Morgan fingerprint density at radius 3 is 1.19 bits per heavy atom. The third kappa shape index (κ3) is 29.5. The van der Waals surface area contributed by atoms with E-state index in [0.29, 0.717) is 12.8 Å². The van der Waals surface area contributed by atoms with Crippen molar-refractivity contribution in [2.24, 2.45) is 0 Å². The summed E-state index contributed by atoms with van der Waals surface area (Å²) in [5.74, 6) is -1.56. The fourth-order valence-corrected chi connectivity index (χ4v) is 6.71. The molecule has 0 radical (unpaired) electrons. The molecule has 0 aromatic heterocycles. The SMILES string of the molecule is CCCCCCCC/C=C/CCCCCCCCOC(=O)c1ccc(S(=O)(=O)[O-])cc1C(=O)OCCCCCCCC/C=C/CCCCCCCC.[Na+]. The first-order chi connectivity index (χ1) is 25.3. The summed E-state index contributed by atoms with van der Waals surface area (Å²) in [5, 5.41) is 0. The van der Waals surface area contributed by atoms with E-state index in [1.807, 2.05) is 0 Å². The molecule has 1 aromatic carbocycles. The largest absolute Gasteiger partial charge is 1.00 e. The van der Waals surface area contributed by atoms with Crippen molar-refractivity contribution in [3.63, 3.8) is 0 Å². The van der Waals surface area contributed by atoms with Crippen LogP contribution in [0, 0.1) is 0 Å². The predicted octanol–water partition coefficient (Wildman–Crippen LogP) is 9.98. The standard InChI is InChI=1S/C44H74O7S.Na/c1-3-5-7-9-11-13-15-17-19-21-23-25-27-29-31-33-37-50-43(45)41-36-35-40(52(47,48)49)39-42(41)44(46)51-38-34-32-30-28-26-24-22-20-18-16-14-12-10-8-6-4-2;/h17-20,35-36,39H,3-16,21-34,37-38H2,1-2H3,(H,47,48,49);/q;+1/p-1/b19-17+,20-18+;. The molecular formula is C44H73NaO7S. The zero-order valence-corrected chi connectivity index (χ0v) is 36.8. The molecule has 0 aliphatic heterocycles. The second-order valence-electron chi connectivity index (χ2n) is 14.3. The van der Waals surface area contributed by atoms with Crippen molar-refractivity contribution in [3.8, 4) is 0 Å². The van der Waals surface area contributed by atoms with Gasteiger partial charge in [-0.3, -0.25) is 0 Å². The first-order valence-corrected chi connectivity index (χ1v) is 22.5. The normalized spacial score (nSPS) is 11.7. The van der Waals surface area contributed by atoms with Gasteiger partial charge < -0.3 is 14.0 Å². The Hall–Kier alpha value is -1.45. The fraction of sp³-hybridized carbons (Fsp3) is 0.727. The van der Waals surface area contributed by atoms with Gasteiger partial charge in [-0.25, -0.2) is 18.0 Å². The second kappa shape index (κ2) is 36.2. The number of hydrogen-bond donors (Lipinski definition) is 0. The van der Waals surface area contributed by atoms with Crippen LogP contribution in [-0.2, 0) is 19.6 Å². The molecule has 53 heavy (non-hydrogen) atoms. The molecule has 0 aliphatic rings. The molecule has 0 bridgehead atoms. The Morgan fingerprint density at radius 1 is 0.509 bits per heavy atom. The summed E-state index contributed by atoms with van der Waals surface area (Å²) in [4.78, 5) is 25.2. The molecule has 0 saturated carbocycles. The topological polar surface area (TPSA) is 110 Å². The summed E-state index contributed by atoms with van der Waals surface area (Å²) in [7, 11) is -4.82. The molecule has 0 fully saturated rings. The van der Waals surface area contributed by atoms with Crippen LogP contribution in [0.3, 0.4) is 0 Å². The number of unbranched alkanes of at least 4 members (excludes halogenated alkanes) is 24. The number of rotatable bonds is 35. The third-order valence-electron chi connectivity index (χ3n) is 9.50. The molecule has 298 valence electrons. The Kier molecular flexibility index (Phi) is 35.2. The molecule has 0 spiro atoms. The smallest absolute Gasteiger partial charge is 0.744 e. The van der Waals surface area contributed by atoms with Gasteiger partial charge in [-0.15, -0.1) is 0 Å². The van der Waals surface area contributed by atoms with Crippen molar-refractivity contribution in [1.82, 2.24) is 0 Å². The summed E-state index contributed by atoms with van der Waals surface area (Å²) in [5.41, 5.74) is -0.351. The van der Waals surface area contributed by atoms with Crippen molar-refractivity contribution >= 4 is 22.1 Å². The Balaban J connectivity index is 0.0000270. The van der Waals surface area contributed by atoms with E-state index in [9.17, 15) is 22.6 Å². The molecule has 1 rings (SSSR count). The van der Waals surface area contributed by atoms with Gasteiger partial charge in [0.05, 0.1) is 29.2 Å². The van der Waals surface area contributed by atoms with E-state index in [1.54, 1.807) is 0 Å². The minimum Gasteiger partial charge on any atom is -0.744 e. The summed E-state index contributed by atoms with van der Waals surface area (Å²) >= 11 is 0. The Bertz CT molecular complexity index is 1210. The molecule has 0 unspecified atom stereocenters. The number of allylic oxidation sites excluding steroid dienone is 4. The van der Waals surface area contributed by atoms with Crippen LogP contribution in [0.25, 0.3) is 0 Å². The van der Waals surface area contributed by atoms with Crippen LogP contribution in [-0.4, -0.2) is 38.1 Å². The molecular weight excluding hydrogens is 696 g/mol. The summed E-state index contributed by atoms with van der Waals surface area (Å²) < 4.78 is 45.7. The fourth-order valence-electron chi connectivity index (χ4n) is 6.21. The van der Waals surface area contributed by atoms with Crippen molar-refractivity contribution in [3.05, 3.63) is 53.6 Å². The predicted molar refractivity (Wildman–Crippen MR) is 214 cm³/mol. The minimum atomic E-state index is -4.82. The van der Waals surface area contributed by atoms with Crippen LogP contribution in [0.15, 0.2) is 47.4 Å². The zero-order valence-electron chi connectivity index (χ0n) is 34.0. The average Bonchev–Trinajstić information content (AvgIpc) is 3.13. The van der Waals surface area contributed by atoms with Crippen molar-refractivity contribution < 1.29 is 61.6 Å². The monoisotopic (exact) mass is 768 g/mol. The van der Waals surface area contributed by atoms with E-state index in [2.05, 4.69) is 38.2 Å². The maximum absolute atomic E-state index is 12.9. The van der Waals surface area contributed by atoms with E-state index in [1.165, 1.54) is 116 Å². The van der Waals surface area contributed by atoms with Crippen molar-refractivity contribution in [2.75, 3.05) is 13.2 Å². The van der Waals surface area contributed by atoms with Gasteiger partial charge in [0.2, 0.25) is 0 Å². The van der Waals surface area contributed by atoms with Crippen LogP contribution in [0.1, 0.15) is 214 Å². The minimum absolute atomic E-state index is 0. The first kappa shape index (κ1) is 51.5. The van der Waals surface area contributed by atoms with Crippen LogP contribution in [0.5, 0.6) is 0 Å². The summed E-state index contributed by atoms with van der Waals surface area (Å²) in [6, 6.07) is 3.12.